The molecule has 1 aliphatic heterocycles. The number of pyridine rings is 1. The number of para-hydroxylation sites is 1. The van der Waals surface area contributed by atoms with Crippen LogP contribution in [0.2, 0.25) is 0 Å². The number of allylic oxidation sites excluding steroid dienone is 2. The van der Waals surface area contributed by atoms with Gasteiger partial charge in [0.2, 0.25) is 0 Å². The van der Waals surface area contributed by atoms with Crippen molar-refractivity contribution in [2.75, 3.05) is 18.5 Å². The number of hydrogen-bond donors (Lipinski definition) is 2. The molecule has 2 aromatic heterocycles. The lowest BCUT2D eigenvalue weighted by molar-refractivity contribution is -0.131. The number of aromatic nitrogens is 2. The summed E-state index contributed by atoms with van der Waals surface area (Å²) in [6, 6.07) is 11.2. The van der Waals surface area contributed by atoms with Crippen LogP contribution in [0.3, 0.4) is 0 Å². The number of benzene rings is 1. The number of nitrogens with one attached hydrogen (secondary N) is 2. The number of nitrogens with zero attached hydrogens (tertiary/aromatic N) is 2. The summed E-state index contributed by atoms with van der Waals surface area (Å²) < 4.78 is 5.28. The number of anilines is 2. The van der Waals surface area contributed by atoms with Gasteiger partial charge >= 0.3 is 5.97 Å². The standard InChI is InChI=1S/C21H18N4O3/c26-18(25-12-4-1-5-13-25)14-28-21(27)20-19(23-15-8-10-22-11-9-15)16-6-2-3-7-17(16)24-20/h1-12,24H,13-14H2,(H,22,23). The van der Waals surface area contributed by atoms with Crippen molar-refractivity contribution < 1.29 is 14.3 Å². The maximum absolute atomic E-state index is 12.7. The van der Waals surface area contributed by atoms with Crippen molar-refractivity contribution in [1.29, 1.82) is 0 Å². The molecule has 7 nitrogen and oxygen atoms in total. The molecule has 0 saturated heterocycles. The second-order valence-corrected chi connectivity index (χ2v) is 6.17. The molecule has 0 spiro atoms. The Morgan fingerprint density at radius 2 is 1.96 bits per heavy atom. The minimum Gasteiger partial charge on any atom is -0.451 e. The molecule has 0 unspecified atom stereocenters. The minimum atomic E-state index is -0.599. The van der Waals surface area contributed by atoms with Crippen LogP contribution in [-0.2, 0) is 9.53 Å². The average molecular weight is 374 g/mol. The van der Waals surface area contributed by atoms with E-state index in [0.29, 0.717) is 12.2 Å². The molecule has 0 aliphatic carbocycles. The molecule has 140 valence electrons. The lowest BCUT2D eigenvalue weighted by Crippen LogP contribution is -2.31. The molecule has 28 heavy (non-hydrogen) atoms. The Labute approximate surface area is 161 Å². The summed E-state index contributed by atoms with van der Waals surface area (Å²) >= 11 is 0. The van der Waals surface area contributed by atoms with Crippen molar-refractivity contribution in [2.24, 2.45) is 0 Å². The van der Waals surface area contributed by atoms with E-state index in [9.17, 15) is 9.59 Å². The predicted molar refractivity (Wildman–Crippen MR) is 106 cm³/mol. The highest BCUT2D eigenvalue weighted by molar-refractivity contribution is 6.07. The van der Waals surface area contributed by atoms with Crippen LogP contribution in [0.5, 0.6) is 0 Å². The highest BCUT2D eigenvalue weighted by Crippen LogP contribution is 2.30. The van der Waals surface area contributed by atoms with Crippen LogP contribution in [0.25, 0.3) is 10.9 Å². The number of esters is 1. The maximum atomic E-state index is 12.7. The third kappa shape index (κ3) is 3.64. The predicted octanol–water partition coefficient (Wildman–Crippen LogP) is 3.38. The third-order valence-electron chi connectivity index (χ3n) is 4.32. The molecule has 1 aliphatic rings. The zero-order valence-corrected chi connectivity index (χ0v) is 15.0. The number of aromatic amines is 1. The first-order valence-corrected chi connectivity index (χ1v) is 8.80. The third-order valence-corrected chi connectivity index (χ3v) is 4.32. The van der Waals surface area contributed by atoms with Crippen LogP contribution < -0.4 is 5.32 Å². The van der Waals surface area contributed by atoms with Crippen LogP contribution in [0.1, 0.15) is 10.5 Å². The fourth-order valence-electron chi connectivity index (χ4n) is 2.94. The van der Waals surface area contributed by atoms with E-state index in [4.69, 9.17) is 4.74 Å². The highest BCUT2D eigenvalue weighted by Gasteiger charge is 2.21. The Balaban J connectivity index is 1.56. The van der Waals surface area contributed by atoms with Gasteiger partial charge in [0.25, 0.3) is 5.91 Å². The number of carbonyl (C=O) groups excluding carboxylic acids is 2. The second kappa shape index (κ2) is 7.79. The van der Waals surface area contributed by atoms with Gasteiger partial charge in [0.05, 0.1) is 5.69 Å². The molecule has 0 fully saturated rings. The van der Waals surface area contributed by atoms with Crippen LogP contribution in [-0.4, -0.2) is 39.9 Å². The van der Waals surface area contributed by atoms with Gasteiger partial charge in [0.1, 0.15) is 5.69 Å². The highest BCUT2D eigenvalue weighted by atomic mass is 16.5. The van der Waals surface area contributed by atoms with E-state index in [-0.39, 0.29) is 18.2 Å². The SMILES string of the molecule is O=C(OCC(=O)N1C=CC=CC1)c1[nH]c2ccccc2c1Nc1ccncc1. The number of rotatable bonds is 5. The van der Waals surface area contributed by atoms with Gasteiger partial charge in [-0.15, -0.1) is 0 Å². The summed E-state index contributed by atoms with van der Waals surface area (Å²) in [5.74, 6) is -0.883. The molecule has 7 heteroatoms. The van der Waals surface area contributed by atoms with Crippen LogP contribution >= 0.6 is 0 Å². The smallest absolute Gasteiger partial charge is 0.357 e. The Morgan fingerprint density at radius 1 is 1.14 bits per heavy atom. The number of hydrogen-bond acceptors (Lipinski definition) is 5. The first-order chi connectivity index (χ1) is 13.7. The van der Waals surface area contributed by atoms with Crippen molar-refractivity contribution in [3.05, 3.63) is 78.9 Å². The molecule has 3 aromatic rings. The van der Waals surface area contributed by atoms with E-state index in [1.54, 1.807) is 36.8 Å². The van der Waals surface area contributed by atoms with Crippen molar-refractivity contribution in [2.45, 2.75) is 0 Å². The molecular formula is C21H18N4O3. The lowest BCUT2D eigenvalue weighted by Gasteiger charge is -2.18. The molecule has 4 rings (SSSR count). The van der Waals surface area contributed by atoms with Gasteiger partial charge in [0, 0.05) is 41.7 Å². The van der Waals surface area contributed by atoms with Gasteiger partial charge in [-0.2, -0.15) is 0 Å². The quantitative estimate of drug-likeness (QED) is 0.669. The van der Waals surface area contributed by atoms with E-state index < -0.39 is 5.97 Å². The zero-order valence-electron chi connectivity index (χ0n) is 15.0. The number of fused-ring (bicyclic) bond motifs is 1. The van der Waals surface area contributed by atoms with Gasteiger partial charge in [-0.1, -0.05) is 30.4 Å². The molecule has 0 bridgehead atoms. The van der Waals surface area contributed by atoms with Gasteiger partial charge in [0.15, 0.2) is 6.61 Å². The van der Waals surface area contributed by atoms with Gasteiger partial charge in [-0.05, 0) is 24.3 Å². The van der Waals surface area contributed by atoms with E-state index in [1.165, 1.54) is 4.90 Å². The number of carbonyl (C=O) groups is 2. The summed E-state index contributed by atoms with van der Waals surface area (Å²) in [4.78, 5) is 33.5. The van der Waals surface area contributed by atoms with Gasteiger partial charge in [-0.25, -0.2) is 4.79 Å². The summed E-state index contributed by atoms with van der Waals surface area (Å²) in [6.45, 7) is 0.134. The summed E-state index contributed by atoms with van der Waals surface area (Å²) in [5.41, 5.74) is 2.44. The number of amides is 1. The Kier molecular flexibility index (Phi) is 4.88. The molecule has 0 atom stereocenters. The molecule has 1 amide bonds. The number of H-pyrrole nitrogens is 1. The average Bonchev–Trinajstić information content (AvgIpc) is 3.12. The van der Waals surface area contributed by atoms with Crippen molar-refractivity contribution in [3.8, 4) is 0 Å². The first kappa shape index (κ1) is 17.5. The van der Waals surface area contributed by atoms with Crippen LogP contribution in [0.15, 0.2) is 73.2 Å². The van der Waals surface area contributed by atoms with Crippen molar-refractivity contribution in [1.82, 2.24) is 14.9 Å². The van der Waals surface area contributed by atoms with Crippen molar-refractivity contribution >= 4 is 34.2 Å². The summed E-state index contributed by atoms with van der Waals surface area (Å²) in [5, 5.41) is 4.09. The van der Waals surface area contributed by atoms with Crippen molar-refractivity contribution in [3.63, 3.8) is 0 Å². The molecule has 2 N–H and O–H groups in total. The summed E-state index contributed by atoms with van der Waals surface area (Å²) in [6.07, 6.45) is 10.5. The second-order valence-electron chi connectivity index (χ2n) is 6.17. The molecule has 0 saturated carbocycles. The fourth-order valence-corrected chi connectivity index (χ4v) is 2.94. The largest absolute Gasteiger partial charge is 0.451 e. The van der Waals surface area contributed by atoms with E-state index in [0.717, 1.165) is 16.6 Å². The number of ether oxygens (including phenoxy) is 1. The lowest BCUT2D eigenvalue weighted by atomic mass is 10.2. The Morgan fingerprint density at radius 3 is 2.75 bits per heavy atom. The van der Waals surface area contributed by atoms with Crippen LogP contribution in [0, 0.1) is 0 Å². The normalized spacial score (nSPS) is 12.9. The van der Waals surface area contributed by atoms with E-state index in [1.807, 2.05) is 36.4 Å². The minimum absolute atomic E-state index is 0.264. The monoisotopic (exact) mass is 374 g/mol. The first-order valence-electron chi connectivity index (χ1n) is 8.80. The topological polar surface area (TPSA) is 87.3 Å². The molecule has 3 heterocycles. The molecular weight excluding hydrogens is 356 g/mol. The molecule has 1 aromatic carbocycles. The van der Waals surface area contributed by atoms with Gasteiger partial charge < -0.3 is 19.9 Å². The van der Waals surface area contributed by atoms with E-state index in [2.05, 4.69) is 15.3 Å². The summed E-state index contributed by atoms with van der Waals surface area (Å²) in [7, 11) is 0. The maximum Gasteiger partial charge on any atom is 0.357 e. The zero-order chi connectivity index (χ0) is 19.3. The van der Waals surface area contributed by atoms with Crippen LogP contribution in [0.4, 0.5) is 11.4 Å². The Bertz CT molecular complexity index is 1070. The fraction of sp³-hybridized carbons (Fsp3) is 0.0952. The Hall–Kier alpha value is -3.87. The molecule has 0 radical (unpaired) electrons. The van der Waals surface area contributed by atoms with Gasteiger partial charge in [-0.3, -0.25) is 9.78 Å². The van der Waals surface area contributed by atoms with E-state index >= 15 is 0 Å².